The van der Waals surface area contributed by atoms with Gasteiger partial charge in [0.2, 0.25) is 5.75 Å². The Labute approximate surface area is 186 Å². The molecule has 29 heavy (non-hydrogen) atoms. The maximum atomic E-state index is 6.96. The monoisotopic (exact) mass is 478 g/mol. The summed E-state index contributed by atoms with van der Waals surface area (Å²) in [5.41, 5.74) is 3.68. The SMILES string of the molecule is COc1c(OCc2ccccc2)cc(CBr)cc1O[Si](C(C)C)(C(C)C)C(C)C. The minimum atomic E-state index is -2.11. The van der Waals surface area contributed by atoms with Crippen molar-refractivity contribution in [1.82, 2.24) is 0 Å². The first kappa shape index (κ1) is 23.8. The van der Waals surface area contributed by atoms with Gasteiger partial charge >= 0.3 is 0 Å². The van der Waals surface area contributed by atoms with Gasteiger partial charge in [-0.1, -0.05) is 87.8 Å². The van der Waals surface area contributed by atoms with Crippen molar-refractivity contribution in [3.8, 4) is 17.2 Å². The summed E-state index contributed by atoms with van der Waals surface area (Å²) in [6.45, 7) is 14.2. The molecule has 0 unspecified atom stereocenters. The molecule has 0 N–H and O–H groups in total. The average molecular weight is 480 g/mol. The van der Waals surface area contributed by atoms with Gasteiger partial charge in [-0.2, -0.15) is 0 Å². The maximum absolute atomic E-state index is 6.96. The second-order valence-corrected chi connectivity index (χ2v) is 14.4. The zero-order valence-corrected chi connectivity index (χ0v) is 21.4. The summed E-state index contributed by atoms with van der Waals surface area (Å²) in [4.78, 5) is 0. The molecule has 0 aliphatic heterocycles. The zero-order chi connectivity index (χ0) is 21.6. The topological polar surface area (TPSA) is 27.7 Å². The Morgan fingerprint density at radius 3 is 1.86 bits per heavy atom. The van der Waals surface area contributed by atoms with E-state index in [9.17, 15) is 0 Å². The Bertz CT molecular complexity index is 753. The van der Waals surface area contributed by atoms with Crippen LogP contribution < -0.4 is 13.9 Å². The number of methoxy groups -OCH3 is 1. The first-order valence-electron chi connectivity index (χ1n) is 10.4. The molecule has 0 aliphatic carbocycles. The molecule has 0 aromatic heterocycles. The molecule has 2 rings (SSSR count). The molecule has 0 heterocycles. The largest absolute Gasteiger partial charge is 0.540 e. The second-order valence-electron chi connectivity index (χ2n) is 8.45. The minimum absolute atomic E-state index is 0.480. The summed E-state index contributed by atoms with van der Waals surface area (Å²) in [6, 6.07) is 14.3. The van der Waals surface area contributed by atoms with Gasteiger partial charge in [-0.15, -0.1) is 0 Å². The van der Waals surface area contributed by atoms with Crippen molar-refractivity contribution >= 4 is 24.2 Å². The summed E-state index contributed by atoms with van der Waals surface area (Å²) in [6.07, 6.45) is 0. The maximum Gasteiger partial charge on any atom is 0.258 e. The van der Waals surface area contributed by atoms with Gasteiger partial charge in [0.1, 0.15) is 6.61 Å². The smallest absolute Gasteiger partial charge is 0.258 e. The first-order chi connectivity index (χ1) is 13.8. The molecule has 0 amide bonds. The summed E-state index contributed by atoms with van der Waals surface area (Å²) < 4.78 is 18.9. The summed E-state index contributed by atoms with van der Waals surface area (Å²) >= 11 is 3.59. The highest BCUT2D eigenvalue weighted by molar-refractivity contribution is 9.08. The lowest BCUT2D eigenvalue weighted by atomic mass is 10.2. The van der Waals surface area contributed by atoms with Crippen LogP contribution in [0.3, 0.4) is 0 Å². The van der Waals surface area contributed by atoms with Crippen molar-refractivity contribution in [2.24, 2.45) is 0 Å². The number of benzene rings is 2. The molecule has 2 aromatic rings. The molecule has 0 fully saturated rings. The van der Waals surface area contributed by atoms with Gasteiger partial charge in [0.15, 0.2) is 11.5 Å². The van der Waals surface area contributed by atoms with Crippen molar-refractivity contribution in [2.45, 2.75) is 70.1 Å². The number of halogens is 1. The van der Waals surface area contributed by atoms with Crippen LogP contribution in [0.2, 0.25) is 16.6 Å². The highest BCUT2D eigenvalue weighted by Gasteiger charge is 2.47. The van der Waals surface area contributed by atoms with Crippen LogP contribution in [0.25, 0.3) is 0 Å². The van der Waals surface area contributed by atoms with Crippen LogP contribution in [0.5, 0.6) is 17.2 Å². The molecule has 0 bridgehead atoms. The normalized spacial score (nSPS) is 12.0. The Morgan fingerprint density at radius 2 is 1.38 bits per heavy atom. The quantitative estimate of drug-likeness (QED) is 0.258. The lowest BCUT2D eigenvalue weighted by molar-refractivity contribution is 0.279. The van der Waals surface area contributed by atoms with E-state index in [2.05, 4.69) is 75.7 Å². The van der Waals surface area contributed by atoms with E-state index in [1.807, 2.05) is 24.3 Å². The molecule has 0 atom stereocenters. The van der Waals surface area contributed by atoms with Crippen LogP contribution in [-0.4, -0.2) is 15.4 Å². The fraction of sp³-hybridized carbons (Fsp3) is 0.500. The molecule has 0 aliphatic rings. The Morgan fingerprint density at radius 1 is 0.828 bits per heavy atom. The van der Waals surface area contributed by atoms with E-state index in [1.165, 1.54) is 0 Å². The Kier molecular flexibility index (Phi) is 8.65. The van der Waals surface area contributed by atoms with Crippen molar-refractivity contribution < 1.29 is 13.9 Å². The van der Waals surface area contributed by atoms with E-state index in [0.717, 1.165) is 28.0 Å². The first-order valence-corrected chi connectivity index (χ1v) is 13.6. The Balaban J connectivity index is 2.47. The standard InChI is InChI=1S/C24H35BrO3Si/c1-17(2)29(18(3)4,19(5)6)28-23-14-21(15-25)13-22(24(23)26-7)27-16-20-11-9-8-10-12-20/h8-14,17-19H,15-16H2,1-7H3. The predicted molar refractivity (Wildman–Crippen MR) is 128 cm³/mol. The average Bonchev–Trinajstić information content (AvgIpc) is 2.69. The van der Waals surface area contributed by atoms with E-state index in [0.29, 0.717) is 29.0 Å². The molecule has 0 radical (unpaired) electrons. The zero-order valence-electron chi connectivity index (χ0n) is 18.8. The molecule has 0 saturated heterocycles. The van der Waals surface area contributed by atoms with Gasteiger partial charge in [-0.25, -0.2) is 0 Å². The molecule has 160 valence electrons. The van der Waals surface area contributed by atoms with Crippen molar-refractivity contribution in [3.05, 3.63) is 53.6 Å². The Hall–Kier alpha value is -1.46. The number of ether oxygens (including phenoxy) is 2. The summed E-state index contributed by atoms with van der Waals surface area (Å²) in [5.74, 6) is 2.21. The van der Waals surface area contributed by atoms with Crippen LogP contribution in [-0.2, 0) is 11.9 Å². The van der Waals surface area contributed by atoms with E-state index >= 15 is 0 Å². The number of hydrogen-bond donors (Lipinski definition) is 0. The third kappa shape index (κ3) is 5.37. The van der Waals surface area contributed by atoms with E-state index < -0.39 is 8.32 Å². The lowest BCUT2D eigenvalue weighted by Crippen LogP contribution is -2.50. The van der Waals surface area contributed by atoms with E-state index in [4.69, 9.17) is 13.9 Å². The van der Waals surface area contributed by atoms with E-state index in [1.54, 1.807) is 7.11 Å². The number of hydrogen-bond acceptors (Lipinski definition) is 3. The van der Waals surface area contributed by atoms with Crippen molar-refractivity contribution in [1.29, 1.82) is 0 Å². The van der Waals surface area contributed by atoms with Crippen LogP contribution >= 0.6 is 15.9 Å². The lowest BCUT2D eigenvalue weighted by Gasteiger charge is -2.42. The summed E-state index contributed by atoms with van der Waals surface area (Å²) in [5, 5.41) is 0.731. The van der Waals surface area contributed by atoms with Crippen LogP contribution in [0.15, 0.2) is 42.5 Å². The third-order valence-electron chi connectivity index (χ3n) is 5.67. The molecule has 5 heteroatoms. The van der Waals surface area contributed by atoms with Gasteiger partial charge in [0.25, 0.3) is 8.32 Å². The second kappa shape index (κ2) is 10.5. The molecular formula is C24H35BrO3Si. The highest BCUT2D eigenvalue weighted by atomic mass is 79.9. The minimum Gasteiger partial charge on any atom is -0.540 e. The van der Waals surface area contributed by atoms with Crippen molar-refractivity contribution in [2.75, 3.05) is 7.11 Å². The molecular weight excluding hydrogens is 444 g/mol. The van der Waals surface area contributed by atoms with Crippen LogP contribution in [0.1, 0.15) is 52.7 Å². The van der Waals surface area contributed by atoms with Gasteiger partial charge in [0, 0.05) is 5.33 Å². The van der Waals surface area contributed by atoms with Gasteiger partial charge < -0.3 is 13.9 Å². The predicted octanol–water partition coefficient (Wildman–Crippen LogP) is 7.72. The molecule has 0 saturated carbocycles. The number of alkyl halides is 1. The molecule has 2 aromatic carbocycles. The molecule has 0 spiro atoms. The highest BCUT2D eigenvalue weighted by Crippen LogP contribution is 2.47. The molecule has 3 nitrogen and oxygen atoms in total. The summed E-state index contributed by atoms with van der Waals surface area (Å²) in [7, 11) is -0.423. The van der Waals surface area contributed by atoms with Gasteiger partial charge in [-0.3, -0.25) is 0 Å². The van der Waals surface area contributed by atoms with Crippen LogP contribution in [0, 0.1) is 0 Å². The van der Waals surface area contributed by atoms with Gasteiger partial charge in [-0.05, 0) is 39.9 Å². The van der Waals surface area contributed by atoms with Gasteiger partial charge in [0.05, 0.1) is 7.11 Å². The fourth-order valence-corrected chi connectivity index (χ4v) is 9.94. The van der Waals surface area contributed by atoms with Crippen LogP contribution in [0.4, 0.5) is 0 Å². The van der Waals surface area contributed by atoms with E-state index in [-0.39, 0.29) is 0 Å². The number of rotatable bonds is 10. The third-order valence-corrected chi connectivity index (χ3v) is 12.3. The fourth-order valence-electron chi connectivity index (χ4n) is 4.37. The van der Waals surface area contributed by atoms with Crippen molar-refractivity contribution in [3.63, 3.8) is 0 Å².